The number of rotatable bonds is 21. The molecule has 52 heavy (non-hydrogen) atoms. The van der Waals surface area contributed by atoms with Gasteiger partial charge < -0.3 is 31.5 Å². The second kappa shape index (κ2) is 21.4. The molecule has 14 heteroatoms. The van der Waals surface area contributed by atoms with Gasteiger partial charge in [-0.05, 0) is 62.8 Å². The zero-order chi connectivity index (χ0) is 39.9. The summed E-state index contributed by atoms with van der Waals surface area (Å²) < 4.78 is 6.07. The lowest BCUT2D eigenvalue weighted by Crippen LogP contribution is -2.59. The average molecular weight is 731 g/mol. The van der Waals surface area contributed by atoms with Crippen molar-refractivity contribution in [3.8, 4) is 0 Å². The summed E-state index contributed by atoms with van der Waals surface area (Å²) in [6, 6.07) is 3.91. The fourth-order valence-electron chi connectivity index (χ4n) is 5.68. The molecule has 0 spiro atoms. The number of nitrogens with zero attached hydrogens (tertiary/aromatic N) is 2. The second-order valence-corrected chi connectivity index (χ2v) is 15.6. The topological polar surface area (TPSA) is 210 Å². The number of ether oxygens (including phenoxy) is 1. The Kier molecular flexibility index (Phi) is 18.9. The molecule has 1 rings (SSSR count). The average Bonchev–Trinajstić information content (AvgIpc) is 3.03. The molecule has 0 heterocycles. The van der Waals surface area contributed by atoms with Crippen molar-refractivity contribution in [2.45, 2.75) is 144 Å². The largest absolute Gasteiger partial charge is 0.480 e. The van der Waals surface area contributed by atoms with E-state index < -0.39 is 83.3 Å². The van der Waals surface area contributed by atoms with Crippen molar-refractivity contribution in [3.05, 3.63) is 35.9 Å². The molecule has 0 saturated carbocycles. The number of isocyanates is 1. The predicted octanol–water partition coefficient (Wildman–Crippen LogP) is 3.52. The summed E-state index contributed by atoms with van der Waals surface area (Å²) in [6.07, 6.45) is 1.16. The molecular formula is C38H62N6O8. The molecule has 0 aliphatic rings. The van der Waals surface area contributed by atoms with Gasteiger partial charge in [0.25, 0.3) is 12.0 Å². The summed E-state index contributed by atoms with van der Waals surface area (Å²) in [5, 5.41) is 22.3. The van der Waals surface area contributed by atoms with Crippen molar-refractivity contribution < 1.29 is 38.6 Å². The van der Waals surface area contributed by atoms with Crippen LogP contribution in [0, 0.1) is 23.7 Å². The van der Waals surface area contributed by atoms with Crippen molar-refractivity contribution >= 4 is 35.7 Å². The molecule has 0 aliphatic heterocycles. The number of carboxylic acid groups (broad SMARTS) is 1. The Morgan fingerprint density at radius 3 is 1.96 bits per heavy atom. The number of benzene rings is 1. The molecule has 0 aromatic heterocycles. The molecule has 1 aromatic rings. The van der Waals surface area contributed by atoms with E-state index in [1.54, 1.807) is 55.4 Å². The summed E-state index contributed by atoms with van der Waals surface area (Å²) in [5.41, 5.74) is 6.74. The van der Waals surface area contributed by atoms with Gasteiger partial charge in [0.05, 0.1) is 5.60 Å². The normalized spacial score (nSPS) is 15.8. The van der Waals surface area contributed by atoms with Gasteiger partial charge in [-0.2, -0.15) is 0 Å². The number of aliphatic carboxylic acids is 1. The molecule has 0 unspecified atom stereocenters. The van der Waals surface area contributed by atoms with Crippen LogP contribution < -0.4 is 21.7 Å². The van der Waals surface area contributed by atoms with Crippen molar-refractivity contribution in [1.82, 2.24) is 21.0 Å². The van der Waals surface area contributed by atoms with Gasteiger partial charge in [0.1, 0.15) is 24.2 Å². The highest BCUT2D eigenvalue weighted by Crippen LogP contribution is 2.23. The minimum absolute atomic E-state index is 0.0453. The van der Waals surface area contributed by atoms with Gasteiger partial charge in [-0.3, -0.25) is 19.2 Å². The monoisotopic (exact) mass is 730 g/mol. The Morgan fingerprint density at radius 2 is 1.50 bits per heavy atom. The maximum absolute atomic E-state index is 14.1. The Balaban J connectivity index is 3.44. The number of nitrogens with two attached hydrogens (primary N) is 1. The maximum Gasteiger partial charge on any atom is 0.326 e. The lowest BCUT2D eigenvalue weighted by molar-refractivity contribution is -0.161. The van der Waals surface area contributed by atoms with E-state index in [0.29, 0.717) is 12.8 Å². The zero-order valence-corrected chi connectivity index (χ0v) is 32.8. The van der Waals surface area contributed by atoms with E-state index >= 15 is 0 Å². The second-order valence-electron chi connectivity index (χ2n) is 15.6. The van der Waals surface area contributed by atoms with Crippen molar-refractivity contribution in [2.24, 2.45) is 34.5 Å². The highest BCUT2D eigenvalue weighted by Gasteiger charge is 2.40. The molecule has 0 fully saturated rings. The van der Waals surface area contributed by atoms with Crippen LogP contribution in [-0.4, -0.2) is 87.7 Å². The van der Waals surface area contributed by atoms with Gasteiger partial charge in [-0.1, -0.05) is 97.2 Å². The quantitative estimate of drug-likeness (QED) is 0.0711. The third kappa shape index (κ3) is 15.2. The minimum Gasteiger partial charge on any atom is -0.480 e. The van der Waals surface area contributed by atoms with E-state index in [9.17, 15) is 33.9 Å². The predicted molar refractivity (Wildman–Crippen MR) is 198 cm³/mol. The van der Waals surface area contributed by atoms with Gasteiger partial charge >= 0.3 is 5.97 Å². The summed E-state index contributed by atoms with van der Waals surface area (Å²) >= 11 is 0. The van der Waals surface area contributed by atoms with Gasteiger partial charge in [-0.15, -0.1) is 0 Å². The standard InChI is InChI=1S/C38H62N6O8/c1-12-25(8)32(34(47)43-31(23(4)5)37(50)51)42-30(46)20-27(39)28(19-26-16-14-13-15-17-26)41-35(48)33(24(6)7)44(40-21-45)36(49)29(18-22(2)3)52-38(9,10)11/h13-17,22-25,27-29,31-33H,12,18-20,39H2,1-11H3,(H,41,48)(H,42,46)(H,43,47)(H,50,51)/t25-,27-,28-,29-,31-,32-,33-/m0/s1. The molecule has 292 valence electrons. The number of carbonyl (C=O) groups excluding carboxylic acids is 5. The molecule has 7 atom stereocenters. The highest BCUT2D eigenvalue weighted by atomic mass is 16.5. The number of carboxylic acids is 1. The smallest absolute Gasteiger partial charge is 0.326 e. The van der Waals surface area contributed by atoms with Crippen LogP contribution in [0.5, 0.6) is 0 Å². The van der Waals surface area contributed by atoms with E-state index in [-0.39, 0.29) is 24.7 Å². The number of hydrazone groups is 1. The number of hydrogen-bond acceptors (Lipinski definition) is 9. The zero-order valence-electron chi connectivity index (χ0n) is 32.8. The first-order chi connectivity index (χ1) is 24.1. The first-order valence-electron chi connectivity index (χ1n) is 18.1. The van der Waals surface area contributed by atoms with Crippen molar-refractivity contribution in [1.29, 1.82) is 0 Å². The summed E-state index contributed by atoms with van der Waals surface area (Å²) in [5.74, 6) is -4.91. The number of hydrogen-bond donors (Lipinski definition) is 5. The van der Waals surface area contributed by atoms with E-state index in [1.165, 1.54) is 6.08 Å². The summed E-state index contributed by atoms with van der Waals surface area (Å²) in [6.45, 7) is 19.6. The third-order valence-electron chi connectivity index (χ3n) is 8.60. The molecule has 0 saturated heterocycles. The van der Waals surface area contributed by atoms with Crippen molar-refractivity contribution in [3.63, 3.8) is 0 Å². The van der Waals surface area contributed by atoms with Crippen LogP contribution in [0.15, 0.2) is 35.4 Å². The lowest BCUT2D eigenvalue weighted by Gasteiger charge is -2.35. The Labute approximate surface area is 309 Å². The molecular weight excluding hydrogens is 668 g/mol. The van der Waals surface area contributed by atoms with E-state index in [2.05, 4.69) is 21.1 Å². The van der Waals surface area contributed by atoms with Gasteiger partial charge in [0, 0.05) is 18.5 Å². The first kappa shape index (κ1) is 45.9. The molecule has 14 nitrogen and oxygen atoms in total. The van der Waals surface area contributed by atoms with Crippen LogP contribution in [0.4, 0.5) is 0 Å². The molecule has 4 amide bonds. The van der Waals surface area contributed by atoms with E-state index in [1.807, 2.05) is 51.1 Å². The SMILES string of the molecule is CC[C@H](C)[C@H](NC(=O)C[C@H](N)[C@H](Cc1ccccc1)NC(=O)[C@H](C(C)C)N(N=C=O)C(=O)[C@H](CC(C)C)OC(C)(C)C)C(=O)N[C@H](C(=O)O)C(C)C. The lowest BCUT2D eigenvalue weighted by atomic mass is 9.94. The Morgan fingerprint density at radius 1 is 0.904 bits per heavy atom. The van der Waals surface area contributed by atoms with E-state index in [0.717, 1.165) is 10.6 Å². The molecule has 0 bridgehead atoms. The van der Waals surface area contributed by atoms with Gasteiger partial charge in [0.15, 0.2) is 0 Å². The van der Waals surface area contributed by atoms with Crippen LogP contribution in [-0.2, 0) is 39.9 Å². The third-order valence-corrected chi connectivity index (χ3v) is 8.60. The number of nitrogens with one attached hydrogen (secondary N) is 3. The molecule has 0 radical (unpaired) electrons. The molecule has 0 aliphatic carbocycles. The first-order valence-corrected chi connectivity index (χ1v) is 18.1. The van der Waals surface area contributed by atoms with Gasteiger partial charge in [0.2, 0.25) is 17.7 Å². The van der Waals surface area contributed by atoms with Crippen LogP contribution >= 0.6 is 0 Å². The number of amides is 4. The van der Waals surface area contributed by atoms with Crippen LogP contribution in [0.25, 0.3) is 0 Å². The summed E-state index contributed by atoms with van der Waals surface area (Å²) in [4.78, 5) is 78.2. The van der Waals surface area contributed by atoms with Crippen molar-refractivity contribution in [2.75, 3.05) is 0 Å². The highest BCUT2D eigenvalue weighted by molar-refractivity contribution is 5.91. The van der Waals surface area contributed by atoms with E-state index in [4.69, 9.17) is 10.5 Å². The van der Waals surface area contributed by atoms with Crippen LogP contribution in [0.3, 0.4) is 0 Å². The Bertz CT molecular complexity index is 1370. The summed E-state index contributed by atoms with van der Waals surface area (Å²) in [7, 11) is 0. The van der Waals surface area contributed by atoms with Gasteiger partial charge in [-0.25, -0.2) is 14.6 Å². The fourth-order valence-corrected chi connectivity index (χ4v) is 5.68. The molecule has 6 N–H and O–H groups in total. The van der Waals surface area contributed by atoms with Crippen LogP contribution in [0.2, 0.25) is 0 Å². The molecule has 1 aromatic carbocycles. The minimum atomic E-state index is -1.26. The van der Waals surface area contributed by atoms with Crippen LogP contribution in [0.1, 0.15) is 101 Å². The number of carbonyl (C=O) groups is 5. The fraction of sp³-hybridized carbons (Fsp3) is 0.684. The maximum atomic E-state index is 14.1. The Hall–Kier alpha value is -4.13.